The molecule has 2 rings (SSSR count). The van der Waals surface area contributed by atoms with E-state index in [9.17, 15) is 4.79 Å². The first-order valence-corrected chi connectivity index (χ1v) is 6.10. The summed E-state index contributed by atoms with van der Waals surface area (Å²) in [5, 5.41) is 9.07. The quantitative estimate of drug-likeness (QED) is 0.824. The lowest BCUT2D eigenvalue weighted by Crippen LogP contribution is -2.29. The van der Waals surface area contributed by atoms with E-state index in [4.69, 9.17) is 10.8 Å². The van der Waals surface area contributed by atoms with Gasteiger partial charge in [-0.1, -0.05) is 32.0 Å². The summed E-state index contributed by atoms with van der Waals surface area (Å²) >= 11 is 0. The van der Waals surface area contributed by atoms with Crippen molar-refractivity contribution in [3.63, 3.8) is 0 Å². The SMILES string of the molecule is CC(C)c1ccc2c(c1)C(N)CC(C(=O)O)C2. The van der Waals surface area contributed by atoms with Crippen LogP contribution in [0, 0.1) is 5.92 Å². The molecule has 0 spiro atoms. The maximum Gasteiger partial charge on any atom is 0.306 e. The van der Waals surface area contributed by atoms with Crippen molar-refractivity contribution in [2.45, 2.75) is 38.6 Å². The third kappa shape index (κ3) is 2.34. The Balaban J connectivity index is 2.35. The van der Waals surface area contributed by atoms with Crippen LogP contribution in [0.15, 0.2) is 18.2 Å². The van der Waals surface area contributed by atoms with Crippen LogP contribution in [-0.4, -0.2) is 11.1 Å². The van der Waals surface area contributed by atoms with Crippen molar-refractivity contribution < 1.29 is 9.90 Å². The first kappa shape index (κ1) is 12.1. The standard InChI is InChI=1S/C14H19NO2/c1-8(2)9-3-4-10-5-11(14(16)17)7-13(15)12(10)6-9/h3-4,6,8,11,13H,5,7,15H2,1-2H3,(H,16,17). The lowest BCUT2D eigenvalue weighted by Gasteiger charge is -2.28. The van der Waals surface area contributed by atoms with Gasteiger partial charge in [-0.15, -0.1) is 0 Å². The summed E-state index contributed by atoms with van der Waals surface area (Å²) in [5.74, 6) is -0.592. The molecule has 0 heterocycles. The van der Waals surface area contributed by atoms with E-state index in [2.05, 4.69) is 26.0 Å². The van der Waals surface area contributed by atoms with Gasteiger partial charge in [0, 0.05) is 6.04 Å². The number of fused-ring (bicyclic) bond motifs is 1. The molecule has 0 bridgehead atoms. The first-order valence-electron chi connectivity index (χ1n) is 6.10. The van der Waals surface area contributed by atoms with Crippen molar-refractivity contribution in [1.82, 2.24) is 0 Å². The number of hydrogen-bond donors (Lipinski definition) is 2. The minimum Gasteiger partial charge on any atom is -0.481 e. The Morgan fingerprint density at radius 3 is 2.76 bits per heavy atom. The van der Waals surface area contributed by atoms with E-state index in [0.717, 1.165) is 11.1 Å². The summed E-state index contributed by atoms with van der Waals surface area (Å²) in [5.41, 5.74) is 9.58. The Labute approximate surface area is 102 Å². The second-order valence-electron chi connectivity index (χ2n) is 5.19. The minimum absolute atomic E-state index is 0.140. The zero-order valence-corrected chi connectivity index (χ0v) is 10.3. The third-order valence-corrected chi connectivity index (χ3v) is 3.59. The predicted molar refractivity (Wildman–Crippen MR) is 66.9 cm³/mol. The monoisotopic (exact) mass is 233 g/mol. The summed E-state index contributed by atoms with van der Waals surface area (Å²) in [6.45, 7) is 4.30. The maximum atomic E-state index is 11.0. The molecule has 0 fully saturated rings. The van der Waals surface area contributed by atoms with Gasteiger partial charge in [0.15, 0.2) is 0 Å². The highest BCUT2D eigenvalue weighted by Gasteiger charge is 2.29. The highest BCUT2D eigenvalue weighted by molar-refractivity contribution is 5.71. The lowest BCUT2D eigenvalue weighted by atomic mass is 9.79. The Kier molecular flexibility index (Phi) is 3.20. The first-order chi connectivity index (χ1) is 7.99. The molecule has 1 aliphatic rings. The predicted octanol–water partition coefficient (Wildman–Crippen LogP) is 2.46. The smallest absolute Gasteiger partial charge is 0.306 e. The number of aliphatic carboxylic acids is 1. The zero-order chi connectivity index (χ0) is 12.6. The number of carboxylic acid groups (broad SMARTS) is 1. The van der Waals surface area contributed by atoms with Crippen molar-refractivity contribution in [2.24, 2.45) is 11.7 Å². The van der Waals surface area contributed by atoms with Gasteiger partial charge in [0.2, 0.25) is 0 Å². The average Bonchev–Trinajstić information content (AvgIpc) is 2.28. The van der Waals surface area contributed by atoms with Crippen LogP contribution >= 0.6 is 0 Å². The average molecular weight is 233 g/mol. The molecule has 1 aromatic rings. The number of carboxylic acids is 1. The van der Waals surface area contributed by atoms with Crippen LogP contribution in [0.5, 0.6) is 0 Å². The van der Waals surface area contributed by atoms with Crippen LogP contribution < -0.4 is 5.73 Å². The number of carbonyl (C=O) groups is 1. The topological polar surface area (TPSA) is 63.3 Å². The maximum absolute atomic E-state index is 11.0. The fourth-order valence-electron chi connectivity index (χ4n) is 2.47. The molecule has 1 aliphatic carbocycles. The van der Waals surface area contributed by atoms with Crippen molar-refractivity contribution in [3.05, 3.63) is 34.9 Å². The molecule has 92 valence electrons. The number of nitrogens with two attached hydrogens (primary N) is 1. The summed E-state index contributed by atoms with van der Waals surface area (Å²) in [4.78, 5) is 11.0. The molecule has 0 saturated heterocycles. The molecule has 2 unspecified atom stereocenters. The van der Waals surface area contributed by atoms with Crippen LogP contribution in [0.25, 0.3) is 0 Å². The van der Waals surface area contributed by atoms with Gasteiger partial charge in [-0.05, 0) is 35.4 Å². The Morgan fingerprint density at radius 1 is 1.47 bits per heavy atom. The summed E-state index contributed by atoms with van der Waals surface area (Å²) < 4.78 is 0. The largest absolute Gasteiger partial charge is 0.481 e. The van der Waals surface area contributed by atoms with Gasteiger partial charge in [-0.2, -0.15) is 0 Å². The zero-order valence-electron chi connectivity index (χ0n) is 10.3. The van der Waals surface area contributed by atoms with E-state index in [1.165, 1.54) is 5.56 Å². The van der Waals surface area contributed by atoms with E-state index in [0.29, 0.717) is 18.8 Å². The van der Waals surface area contributed by atoms with Gasteiger partial charge < -0.3 is 10.8 Å². The molecule has 0 amide bonds. The Hall–Kier alpha value is -1.35. The van der Waals surface area contributed by atoms with Crippen LogP contribution in [0.2, 0.25) is 0 Å². The molecule has 0 saturated carbocycles. The number of rotatable bonds is 2. The molecule has 0 aromatic heterocycles. The molecule has 3 N–H and O–H groups in total. The van der Waals surface area contributed by atoms with Gasteiger partial charge >= 0.3 is 5.97 Å². The third-order valence-electron chi connectivity index (χ3n) is 3.59. The fourth-order valence-corrected chi connectivity index (χ4v) is 2.47. The van der Waals surface area contributed by atoms with Crippen molar-refractivity contribution >= 4 is 5.97 Å². The summed E-state index contributed by atoms with van der Waals surface area (Å²) in [6.07, 6.45) is 1.15. The number of hydrogen-bond acceptors (Lipinski definition) is 2. The Bertz CT molecular complexity index is 440. The summed E-state index contributed by atoms with van der Waals surface area (Å²) in [6, 6.07) is 6.13. The van der Waals surface area contributed by atoms with Gasteiger partial charge in [0.1, 0.15) is 0 Å². The van der Waals surface area contributed by atoms with Crippen LogP contribution in [0.4, 0.5) is 0 Å². The normalized spacial score (nSPS) is 23.5. The minimum atomic E-state index is -0.737. The van der Waals surface area contributed by atoms with E-state index in [1.807, 2.05) is 6.07 Å². The van der Waals surface area contributed by atoms with E-state index < -0.39 is 5.97 Å². The summed E-state index contributed by atoms with van der Waals surface area (Å²) in [7, 11) is 0. The molecular formula is C14H19NO2. The molecule has 17 heavy (non-hydrogen) atoms. The Morgan fingerprint density at radius 2 is 2.18 bits per heavy atom. The lowest BCUT2D eigenvalue weighted by molar-refractivity contribution is -0.142. The van der Waals surface area contributed by atoms with Crippen LogP contribution in [0.3, 0.4) is 0 Å². The van der Waals surface area contributed by atoms with Crippen LogP contribution in [-0.2, 0) is 11.2 Å². The van der Waals surface area contributed by atoms with Gasteiger partial charge in [-0.25, -0.2) is 0 Å². The highest BCUT2D eigenvalue weighted by Crippen LogP contribution is 2.33. The van der Waals surface area contributed by atoms with Gasteiger partial charge in [-0.3, -0.25) is 4.79 Å². The molecule has 3 heteroatoms. The second kappa shape index (κ2) is 4.49. The fraction of sp³-hybridized carbons (Fsp3) is 0.500. The molecule has 1 aromatic carbocycles. The molecule has 0 radical (unpaired) electrons. The van der Waals surface area contributed by atoms with E-state index in [1.54, 1.807) is 0 Å². The molecular weight excluding hydrogens is 214 g/mol. The van der Waals surface area contributed by atoms with E-state index >= 15 is 0 Å². The van der Waals surface area contributed by atoms with Crippen molar-refractivity contribution in [1.29, 1.82) is 0 Å². The molecule has 3 nitrogen and oxygen atoms in total. The number of benzene rings is 1. The molecule has 2 atom stereocenters. The second-order valence-corrected chi connectivity index (χ2v) is 5.19. The van der Waals surface area contributed by atoms with Crippen molar-refractivity contribution in [2.75, 3.05) is 0 Å². The van der Waals surface area contributed by atoms with Gasteiger partial charge in [0.25, 0.3) is 0 Å². The van der Waals surface area contributed by atoms with E-state index in [-0.39, 0.29) is 12.0 Å². The molecule has 0 aliphatic heterocycles. The van der Waals surface area contributed by atoms with Crippen molar-refractivity contribution in [3.8, 4) is 0 Å². The van der Waals surface area contributed by atoms with Gasteiger partial charge in [0.05, 0.1) is 5.92 Å². The van der Waals surface area contributed by atoms with Crippen LogP contribution in [0.1, 0.15) is 48.9 Å². The highest BCUT2D eigenvalue weighted by atomic mass is 16.4.